The van der Waals surface area contributed by atoms with Crippen molar-refractivity contribution in [3.05, 3.63) is 0 Å². The van der Waals surface area contributed by atoms with Crippen molar-refractivity contribution in [3.8, 4) is 0 Å². The lowest BCUT2D eigenvalue weighted by Gasteiger charge is -2.40. The molecule has 0 spiro atoms. The molecule has 0 aromatic heterocycles. The van der Waals surface area contributed by atoms with E-state index in [0.29, 0.717) is 12.0 Å². The van der Waals surface area contributed by atoms with Crippen LogP contribution in [0.2, 0.25) is 0 Å². The summed E-state index contributed by atoms with van der Waals surface area (Å²) in [7, 11) is -0.800. The van der Waals surface area contributed by atoms with Crippen molar-refractivity contribution in [2.75, 3.05) is 45.2 Å². The Morgan fingerprint density at radius 1 is 1.28 bits per heavy atom. The van der Waals surface area contributed by atoms with Crippen molar-refractivity contribution in [2.45, 2.75) is 32.6 Å². The number of piperidine rings is 1. The third-order valence-electron chi connectivity index (χ3n) is 3.89. The molecule has 1 heterocycles. The predicted octanol–water partition coefficient (Wildman–Crippen LogP) is 1.13. The van der Waals surface area contributed by atoms with E-state index in [2.05, 4.69) is 17.1 Å². The number of sulfone groups is 1. The first-order chi connectivity index (χ1) is 8.37. The van der Waals surface area contributed by atoms with Gasteiger partial charge in [0.1, 0.15) is 9.84 Å². The Hall–Kier alpha value is -0.130. The molecule has 0 saturated carbocycles. The Morgan fingerprint density at radius 2 is 1.89 bits per heavy atom. The molecule has 108 valence electrons. The molecule has 0 aliphatic carbocycles. The molecule has 0 unspecified atom stereocenters. The van der Waals surface area contributed by atoms with Crippen LogP contribution in [0.4, 0.5) is 0 Å². The third-order valence-corrected chi connectivity index (χ3v) is 4.82. The predicted molar refractivity (Wildman–Crippen MR) is 76.7 cm³/mol. The van der Waals surface area contributed by atoms with Crippen molar-refractivity contribution >= 4 is 9.84 Å². The Kier molecular flexibility index (Phi) is 6.08. The molecule has 1 fully saturated rings. The van der Waals surface area contributed by atoms with E-state index >= 15 is 0 Å². The zero-order valence-corrected chi connectivity index (χ0v) is 12.9. The molecule has 1 saturated heterocycles. The fourth-order valence-corrected chi connectivity index (χ4v) is 3.59. The molecule has 0 amide bonds. The van der Waals surface area contributed by atoms with Crippen LogP contribution in [-0.4, -0.2) is 58.6 Å². The summed E-state index contributed by atoms with van der Waals surface area (Å²) in [4.78, 5) is 2.20. The summed E-state index contributed by atoms with van der Waals surface area (Å²) >= 11 is 0. The molecule has 0 radical (unpaired) electrons. The summed E-state index contributed by atoms with van der Waals surface area (Å²) in [5, 5.41) is 3.41. The summed E-state index contributed by atoms with van der Waals surface area (Å²) in [6.45, 7) is 6.11. The summed E-state index contributed by atoms with van der Waals surface area (Å²) in [6.07, 6.45) is 6.19. The first-order valence-electron chi connectivity index (χ1n) is 6.94. The zero-order valence-electron chi connectivity index (χ0n) is 12.0. The minimum absolute atomic E-state index is 0.268. The molecule has 5 heteroatoms. The van der Waals surface area contributed by atoms with Gasteiger partial charge >= 0.3 is 0 Å². The molecule has 1 N–H and O–H groups in total. The number of nitrogens with zero attached hydrogens (tertiary/aromatic N) is 1. The van der Waals surface area contributed by atoms with Crippen LogP contribution in [0, 0.1) is 5.41 Å². The molecule has 4 nitrogen and oxygen atoms in total. The van der Waals surface area contributed by atoms with E-state index in [1.54, 1.807) is 0 Å². The standard InChI is InChI=1S/C13H28N2O2S/c1-4-5-13(6-8-14-9-7-13)12-15(2)10-11-18(3,16)17/h14H,4-12H2,1-3H3. The van der Waals surface area contributed by atoms with Gasteiger partial charge in [0, 0.05) is 19.3 Å². The Labute approximate surface area is 112 Å². The average molecular weight is 276 g/mol. The van der Waals surface area contributed by atoms with Crippen molar-refractivity contribution < 1.29 is 8.42 Å². The Bertz CT molecular complexity index is 329. The summed E-state index contributed by atoms with van der Waals surface area (Å²) in [5.41, 5.74) is 0.395. The first kappa shape index (κ1) is 15.9. The first-order valence-corrected chi connectivity index (χ1v) is 9.00. The van der Waals surface area contributed by atoms with Crippen LogP contribution in [0.5, 0.6) is 0 Å². The van der Waals surface area contributed by atoms with Crippen LogP contribution in [0.3, 0.4) is 0 Å². The van der Waals surface area contributed by atoms with Gasteiger partial charge in [-0.05, 0) is 44.8 Å². The van der Waals surface area contributed by atoms with E-state index in [0.717, 1.165) is 19.6 Å². The molecule has 18 heavy (non-hydrogen) atoms. The van der Waals surface area contributed by atoms with E-state index in [4.69, 9.17) is 0 Å². The molecule has 0 bridgehead atoms. The van der Waals surface area contributed by atoms with Gasteiger partial charge < -0.3 is 10.2 Å². The largest absolute Gasteiger partial charge is 0.317 e. The van der Waals surface area contributed by atoms with E-state index in [-0.39, 0.29) is 5.75 Å². The average Bonchev–Trinajstić information content (AvgIpc) is 2.27. The minimum Gasteiger partial charge on any atom is -0.317 e. The summed E-state index contributed by atoms with van der Waals surface area (Å²) < 4.78 is 22.4. The van der Waals surface area contributed by atoms with Gasteiger partial charge in [0.2, 0.25) is 0 Å². The molecular weight excluding hydrogens is 248 g/mol. The minimum atomic E-state index is -2.85. The monoisotopic (exact) mass is 276 g/mol. The fourth-order valence-electron chi connectivity index (χ4n) is 2.95. The van der Waals surface area contributed by atoms with E-state index in [1.165, 1.54) is 31.9 Å². The van der Waals surface area contributed by atoms with Crippen molar-refractivity contribution in [1.29, 1.82) is 0 Å². The molecule has 1 aliphatic heterocycles. The molecule has 0 aromatic rings. The zero-order chi connectivity index (χ0) is 13.6. The van der Waals surface area contributed by atoms with Gasteiger partial charge in [0.25, 0.3) is 0 Å². The van der Waals surface area contributed by atoms with Gasteiger partial charge in [-0.1, -0.05) is 13.3 Å². The normalized spacial score (nSPS) is 20.2. The SMILES string of the molecule is CCCC1(CN(C)CCS(C)(=O)=O)CCNCC1. The van der Waals surface area contributed by atoms with E-state index in [1.807, 2.05) is 7.05 Å². The second kappa shape index (κ2) is 6.87. The van der Waals surface area contributed by atoms with Crippen LogP contribution in [0.25, 0.3) is 0 Å². The smallest absolute Gasteiger partial charge is 0.148 e. The molecule has 1 rings (SSSR count). The molecule has 0 aromatic carbocycles. The molecule has 0 atom stereocenters. The lowest BCUT2D eigenvalue weighted by molar-refractivity contribution is 0.119. The number of nitrogens with one attached hydrogen (secondary N) is 1. The highest BCUT2D eigenvalue weighted by atomic mass is 32.2. The van der Waals surface area contributed by atoms with Gasteiger partial charge in [-0.15, -0.1) is 0 Å². The van der Waals surface area contributed by atoms with Crippen LogP contribution in [-0.2, 0) is 9.84 Å². The Balaban J connectivity index is 2.49. The lowest BCUT2D eigenvalue weighted by Crippen LogP contribution is -2.44. The van der Waals surface area contributed by atoms with Crippen LogP contribution in [0.1, 0.15) is 32.6 Å². The number of hydrogen-bond acceptors (Lipinski definition) is 4. The maximum Gasteiger partial charge on any atom is 0.148 e. The van der Waals surface area contributed by atoms with Gasteiger partial charge in [-0.25, -0.2) is 8.42 Å². The van der Waals surface area contributed by atoms with E-state index in [9.17, 15) is 8.42 Å². The van der Waals surface area contributed by atoms with Gasteiger partial charge in [0.15, 0.2) is 0 Å². The Morgan fingerprint density at radius 3 is 2.39 bits per heavy atom. The van der Waals surface area contributed by atoms with Crippen LogP contribution >= 0.6 is 0 Å². The fraction of sp³-hybridized carbons (Fsp3) is 1.00. The van der Waals surface area contributed by atoms with Crippen molar-refractivity contribution in [3.63, 3.8) is 0 Å². The summed E-state index contributed by atoms with van der Waals surface area (Å²) in [5.74, 6) is 0.268. The highest BCUT2D eigenvalue weighted by Gasteiger charge is 2.32. The van der Waals surface area contributed by atoms with Crippen LogP contribution in [0.15, 0.2) is 0 Å². The van der Waals surface area contributed by atoms with Crippen LogP contribution < -0.4 is 5.32 Å². The van der Waals surface area contributed by atoms with Gasteiger partial charge in [-0.2, -0.15) is 0 Å². The quantitative estimate of drug-likeness (QED) is 0.757. The number of hydrogen-bond donors (Lipinski definition) is 1. The maximum atomic E-state index is 11.2. The van der Waals surface area contributed by atoms with Gasteiger partial charge in [0.05, 0.1) is 5.75 Å². The van der Waals surface area contributed by atoms with Gasteiger partial charge in [-0.3, -0.25) is 0 Å². The molecular formula is C13H28N2O2S. The lowest BCUT2D eigenvalue weighted by atomic mass is 9.75. The van der Waals surface area contributed by atoms with Crippen molar-refractivity contribution in [1.82, 2.24) is 10.2 Å². The topological polar surface area (TPSA) is 49.4 Å². The van der Waals surface area contributed by atoms with Crippen molar-refractivity contribution in [2.24, 2.45) is 5.41 Å². The number of rotatable bonds is 7. The second-order valence-corrected chi connectivity index (χ2v) is 8.13. The highest BCUT2D eigenvalue weighted by Crippen LogP contribution is 2.34. The summed E-state index contributed by atoms with van der Waals surface area (Å²) in [6, 6.07) is 0. The van der Waals surface area contributed by atoms with E-state index < -0.39 is 9.84 Å². The molecule has 1 aliphatic rings. The third kappa shape index (κ3) is 5.67. The highest BCUT2D eigenvalue weighted by molar-refractivity contribution is 7.90. The second-order valence-electron chi connectivity index (χ2n) is 5.87. The maximum absolute atomic E-state index is 11.2.